The highest BCUT2D eigenvalue weighted by atomic mass is 16.5. The predicted molar refractivity (Wildman–Crippen MR) is 72.2 cm³/mol. The Bertz CT molecular complexity index is 564. The summed E-state index contributed by atoms with van der Waals surface area (Å²) in [4.78, 5) is 12.1. The second-order valence-electron chi connectivity index (χ2n) is 4.41. The van der Waals surface area contributed by atoms with Crippen molar-refractivity contribution in [2.45, 2.75) is 19.9 Å². The maximum Gasteiger partial charge on any atom is 0.251 e. The quantitative estimate of drug-likeness (QED) is 0.884. The van der Waals surface area contributed by atoms with E-state index in [1.54, 1.807) is 31.6 Å². The molecule has 2 aromatic rings. The average Bonchev–Trinajstić information content (AvgIpc) is 2.93. The Morgan fingerprint density at radius 2 is 2.26 bits per heavy atom. The smallest absolute Gasteiger partial charge is 0.251 e. The first-order valence-corrected chi connectivity index (χ1v) is 6.06. The van der Waals surface area contributed by atoms with Gasteiger partial charge in [0.05, 0.1) is 19.3 Å². The Hall–Kier alpha value is -2.30. The monoisotopic (exact) mass is 259 g/mol. The number of rotatable bonds is 4. The first kappa shape index (κ1) is 13.1. The van der Waals surface area contributed by atoms with Gasteiger partial charge in [-0.25, -0.2) is 0 Å². The molecule has 0 saturated heterocycles. The molecular formula is C14H17N3O2. The van der Waals surface area contributed by atoms with Gasteiger partial charge in [0, 0.05) is 17.3 Å². The van der Waals surface area contributed by atoms with Crippen LogP contribution >= 0.6 is 0 Å². The molecule has 0 aliphatic carbocycles. The van der Waals surface area contributed by atoms with Crippen LogP contribution in [0.5, 0.6) is 5.75 Å². The van der Waals surface area contributed by atoms with Gasteiger partial charge in [0.2, 0.25) is 0 Å². The van der Waals surface area contributed by atoms with Gasteiger partial charge in [-0.15, -0.1) is 0 Å². The minimum Gasteiger partial charge on any atom is -0.496 e. The van der Waals surface area contributed by atoms with E-state index in [-0.39, 0.29) is 11.9 Å². The molecule has 19 heavy (non-hydrogen) atoms. The molecule has 0 saturated carbocycles. The summed E-state index contributed by atoms with van der Waals surface area (Å²) in [5.74, 6) is 0.579. The number of nitrogens with zero attached hydrogens (tertiary/aromatic N) is 1. The molecule has 1 unspecified atom stereocenters. The van der Waals surface area contributed by atoms with Crippen molar-refractivity contribution in [1.29, 1.82) is 0 Å². The number of nitrogens with one attached hydrogen (secondary N) is 2. The number of methoxy groups -OCH3 is 1. The summed E-state index contributed by atoms with van der Waals surface area (Å²) in [5, 5.41) is 9.51. The highest BCUT2D eigenvalue weighted by molar-refractivity contribution is 5.95. The van der Waals surface area contributed by atoms with Crippen LogP contribution < -0.4 is 10.1 Å². The van der Waals surface area contributed by atoms with E-state index in [1.807, 2.05) is 19.9 Å². The lowest BCUT2D eigenvalue weighted by Crippen LogP contribution is -2.26. The fourth-order valence-electron chi connectivity index (χ4n) is 1.82. The van der Waals surface area contributed by atoms with Crippen LogP contribution in [0.2, 0.25) is 0 Å². The van der Waals surface area contributed by atoms with Gasteiger partial charge in [0.15, 0.2) is 0 Å². The van der Waals surface area contributed by atoms with Crippen LogP contribution in [-0.4, -0.2) is 23.2 Å². The Kier molecular flexibility index (Phi) is 3.85. The molecule has 1 aromatic heterocycles. The number of ether oxygens (including phenoxy) is 1. The molecule has 0 radical (unpaired) electrons. The molecule has 1 heterocycles. The van der Waals surface area contributed by atoms with Crippen molar-refractivity contribution in [3.63, 3.8) is 0 Å². The largest absolute Gasteiger partial charge is 0.496 e. The zero-order chi connectivity index (χ0) is 13.8. The fourth-order valence-corrected chi connectivity index (χ4v) is 1.82. The van der Waals surface area contributed by atoms with Crippen molar-refractivity contribution in [3.05, 3.63) is 47.3 Å². The molecule has 0 spiro atoms. The number of hydrogen-bond donors (Lipinski definition) is 2. The molecule has 1 atom stereocenters. The molecule has 2 rings (SSSR count). The highest BCUT2D eigenvalue weighted by Gasteiger charge is 2.13. The first-order valence-electron chi connectivity index (χ1n) is 6.06. The standard InChI is InChI=1S/C14H17N3O2/c1-9-4-5-11(6-13(9)19-3)14(18)17-10(2)12-7-15-16-8-12/h4-8,10H,1-3H3,(H,15,16)(H,17,18). The Balaban J connectivity index is 2.12. The van der Waals surface area contributed by atoms with Gasteiger partial charge in [0.25, 0.3) is 5.91 Å². The number of amides is 1. The van der Waals surface area contributed by atoms with Gasteiger partial charge in [-0.3, -0.25) is 9.89 Å². The number of H-pyrrole nitrogens is 1. The minimum absolute atomic E-state index is 0.0986. The van der Waals surface area contributed by atoms with Gasteiger partial charge in [-0.2, -0.15) is 5.10 Å². The number of carbonyl (C=O) groups is 1. The predicted octanol–water partition coefficient (Wildman–Crippen LogP) is 2.22. The van der Waals surface area contributed by atoms with Gasteiger partial charge in [-0.05, 0) is 31.5 Å². The van der Waals surface area contributed by atoms with E-state index in [2.05, 4.69) is 15.5 Å². The van der Waals surface area contributed by atoms with E-state index in [1.165, 1.54) is 0 Å². The number of carbonyl (C=O) groups excluding carboxylic acids is 1. The molecule has 5 nitrogen and oxygen atoms in total. The van der Waals surface area contributed by atoms with Crippen LogP contribution in [0.4, 0.5) is 0 Å². The average molecular weight is 259 g/mol. The Labute approximate surface area is 112 Å². The second kappa shape index (κ2) is 5.56. The maximum atomic E-state index is 12.1. The molecular weight excluding hydrogens is 242 g/mol. The lowest BCUT2D eigenvalue weighted by molar-refractivity contribution is 0.0939. The molecule has 1 aromatic carbocycles. The third kappa shape index (κ3) is 2.93. The summed E-state index contributed by atoms with van der Waals surface area (Å²) < 4.78 is 5.22. The summed E-state index contributed by atoms with van der Waals surface area (Å²) in [5.41, 5.74) is 2.52. The second-order valence-corrected chi connectivity index (χ2v) is 4.41. The van der Waals surface area contributed by atoms with Gasteiger partial charge >= 0.3 is 0 Å². The summed E-state index contributed by atoms with van der Waals surface area (Å²) >= 11 is 0. The van der Waals surface area contributed by atoms with Crippen molar-refractivity contribution >= 4 is 5.91 Å². The maximum absolute atomic E-state index is 12.1. The Morgan fingerprint density at radius 3 is 2.89 bits per heavy atom. The van der Waals surface area contributed by atoms with Crippen LogP contribution in [-0.2, 0) is 0 Å². The lowest BCUT2D eigenvalue weighted by Gasteiger charge is -2.13. The number of benzene rings is 1. The number of aromatic nitrogens is 2. The van der Waals surface area contributed by atoms with Gasteiger partial charge < -0.3 is 10.1 Å². The molecule has 0 bridgehead atoms. The lowest BCUT2D eigenvalue weighted by atomic mass is 10.1. The van der Waals surface area contributed by atoms with Crippen LogP contribution in [0, 0.1) is 6.92 Å². The number of aromatic amines is 1. The zero-order valence-corrected chi connectivity index (χ0v) is 11.2. The molecule has 0 aliphatic rings. The first-order chi connectivity index (χ1) is 9.11. The van der Waals surface area contributed by atoms with Gasteiger partial charge in [0.1, 0.15) is 5.75 Å². The topological polar surface area (TPSA) is 67.0 Å². The number of hydrogen-bond acceptors (Lipinski definition) is 3. The van der Waals surface area contributed by atoms with Crippen LogP contribution in [0.3, 0.4) is 0 Å². The van der Waals surface area contributed by atoms with E-state index >= 15 is 0 Å². The third-order valence-corrected chi connectivity index (χ3v) is 3.04. The van der Waals surface area contributed by atoms with Crippen LogP contribution in [0.15, 0.2) is 30.6 Å². The molecule has 5 heteroatoms. The summed E-state index contributed by atoms with van der Waals surface area (Å²) in [6.07, 6.45) is 3.46. The van der Waals surface area contributed by atoms with Crippen molar-refractivity contribution < 1.29 is 9.53 Å². The van der Waals surface area contributed by atoms with E-state index in [4.69, 9.17) is 4.74 Å². The molecule has 100 valence electrons. The zero-order valence-electron chi connectivity index (χ0n) is 11.2. The normalized spacial score (nSPS) is 11.9. The van der Waals surface area contributed by atoms with Gasteiger partial charge in [-0.1, -0.05) is 6.07 Å². The van der Waals surface area contributed by atoms with Crippen LogP contribution in [0.1, 0.15) is 34.5 Å². The van der Waals surface area contributed by atoms with E-state index in [0.29, 0.717) is 11.3 Å². The summed E-state index contributed by atoms with van der Waals surface area (Å²) in [6, 6.07) is 5.30. The highest BCUT2D eigenvalue weighted by Crippen LogP contribution is 2.19. The summed E-state index contributed by atoms with van der Waals surface area (Å²) in [7, 11) is 1.60. The van der Waals surface area contributed by atoms with Crippen molar-refractivity contribution in [2.75, 3.05) is 7.11 Å². The molecule has 1 amide bonds. The fraction of sp³-hybridized carbons (Fsp3) is 0.286. The van der Waals surface area contributed by atoms with E-state index in [0.717, 1.165) is 11.1 Å². The number of aryl methyl sites for hydroxylation is 1. The van der Waals surface area contributed by atoms with Crippen molar-refractivity contribution in [3.8, 4) is 5.75 Å². The van der Waals surface area contributed by atoms with Crippen molar-refractivity contribution in [2.24, 2.45) is 0 Å². The third-order valence-electron chi connectivity index (χ3n) is 3.04. The van der Waals surface area contributed by atoms with Crippen LogP contribution in [0.25, 0.3) is 0 Å². The van der Waals surface area contributed by atoms with E-state index in [9.17, 15) is 4.79 Å². The molecule has 0 aliphatic heterocycles. The summed E-state index contributed by atoms with van der Waals surface area (Å²) in [6.45, 7) is 3.85. The SMILES string of the molecule is COc1cc(C(=O)NC(C)c2cn[nH]c2)ccc1C. The Morgan fingerprint density at radius 1 is 1.47 bits per heavy atom. The molecule has 2 N–H and O–H groups in total. The van der Waals surface area contributed by atoms with Crippen molar-refractivity contribution in [1.82, 2.24) is 15.5 Å². The van der Waals surface area contributed by atoms with E-state index < -0.39 is 0 Å². The molecule has 0 fully saturated rings. The minimum atomic E-state index is -0.132.